The summed E-state index contributed by atoms with van der Waals surface area (Å²) in [5, 5.41) is 7.46. The zero-order valence-electron chi connectivity index (χ0n) is 35.5. The van der Waals surface area contributed by atoms with Crippen molar-refractivity contribution in [3.8, 4) is 0 Å². The van der Waals surface area contributed by atoms with Crippen LogP contribution in [0.3, 0.4) is 0 Å². The second-order valence-corrected chi connectivity index (χ2v) is 18.4. The van der Waals surface area contributed by atoms with E-state index >= 15 is 4.79 Å². The lowest BCUT2D eigenvalue weighted by atomic mass is 9.52. The zero-order valence-corrected chi connectivity index (χ0v) is 35.5. The van der Waals surface area contributed by atoms with Crippen LogP contribution in [0.15, 0.2) is 0 Å². The molecule has 2 N–H and O–H groups in total. The Morgan fingerprint density at radius 2 is 1.08 bits per heavy atom. The second-order valence-electron chi connectivity index (χ2n) is 18.4. The molecule has 0 bridgehead atoms. The van der Waals surface area contributed by atoms with E-state index < -0.39 is 5.54 Å². The van der Waals surface area contributed by atoms with Crippen molar-refractivity contribution in [3.63, 3.8) is 0 Å². The smallest absolute Gasteiger partial charge is 0.246 e. The number of unbranched alkanes of at least 4 members (excludes halogenated alkanes) is 2. The van der Waals surface area contributed by atoms with Crippen LogP contribution >= 0.6 is 0 Å². The molecule has 52 heavy (non-hydrogen) atoms. The Bertz CT molecular complexity index is 944. The molecule has 0 aliphatic heterocycles. The highest BCUT2D eigenvalue weighted by Crippen LogP contribution is 2.55. The normalized spacial score (nSPS) is 26.5. The van der Waals surface area contributed by atoms with Gasteiger partial charge in [-0.3, -0.25) is 9.59 Å². The topological polar surface area (TPSA) is 67.4 Å². The van der Waals surface area contributed by atoms with Crippen LogP contribution in [0.4, 0.5) is 0 Å². The van der Waals surface area contributed by atoms with Crippen molar-refractivity contribution in [1.29, 1.82) is 0 Å². The number of nitrogens with one attached hydrogen (secondary N) is 2. The molecule has 0 aromatic rings. The SMILES string of the molecule is CCCCCC1(C(C)(CC)C(=O)C(C)(CC)NC2CCCCC(NC(=O)COC3CCCCCCCCCC3)CCC2)CCCCCCCCCC1. The van der Waals surface area contributed by atoms with Gasteiger partial charge in [0.05, 0.1) is 11.6 Å². The Kier molecular flexibility index (Phi) is 22.1. The molecule has 5 nitrogen and oxygen atoms in total. The molecular formula is C47H88N2O3. The summed E-state index contributed by atoms with van der Waals surface area (Å²) in [7, 11) is 0. The highest BCUT2D eigenvalue weighted by molar-refractivity contribution is 5.93. The van der Waals surface area contributed by atoms with Gasteiger partial charge >= 0.3 is 0 Å². The standard InChI is InChI=1S/C47H88N2O3/c1-6-9-26-36-47(37-27-20-16-12-13-17-21-28-38-47)45(4,7-2)44(51)46(5,8-3)49-41-31-25-24-30-40(32-29-33-41)48-43(50)39-52-42-34-22-18-14-10-11-15-19-23-35-42/h40-42,49H,6-39H2,1-5H3,(H,48,50). The van der Waals surface area contributed by atoms with Gasteiger partial charge in [-0.1, -0.05) is 163 Å². The van der Waals surface area contributed by atoms with Crippen molar-refractivity contribution in [1.82, 2.24) is 10.6 Å². The van der Waals surface area contributed by atoms with Gasteiger partial charge in [0.2, 0.25) is 5.91 Å². The first kappa shape index (κ1) is 45.4. The minimum Gasteiger partial charge on any atom is -0.368 e. The largest absolute Gasteiger partial charge is 0.368 e. The van der Waals surface area contributed by atoms with E-state index in [4.69, 9.17) is 4.74 Å². The van der Waals surface area contributed by atoms with Gasteiger partial charge in [0.1, 0.15) is 6.61 Å². The third-order valence-corrected chi connectivity index (χ3v) is 14.5. The van der Waals surface area contributed by atoms with E-state index in [0.29, 0.717) is 11.8 Å². The van der Waals surface area contributed by atoms with Crippen molar-refractivity contribution in [3.05, 3.63) is 0 Å². The molecule has 5 heteroatoms. The first-order chi connectivity index (χ1) is 25.2. The van der Waals surface area contributed by atoms with E-state index in [1.807, 2.05) is 0 Å². The molecular weight excluding hydrogens is 641 g/mol. The molecule has 0 aromatic heterocycles. The lowest BCUT2D eigenvalue weighted by molar-refractivity contribution is -0.146. The van der Waals surface area contributed by atoms with Crippen LogP contribution in [0.1, 0.15) is 247 Å². The minimum atomic E-state index is -0.521. The molecule has 0 heterocycles. The summed E-state index contributed by atoms with van der Waals surface area (Å²) in [6.45, 7) is 11.7. The van der Waals surface area contributed by atoms with Gasteiger partial charge in [0.15, 0.2) is 5.78 Å². The number of amides is 1. The van der Waals surface area contributed by atoms with Gasteiger partial charge in [-0.05, 0) is 89.4 Å². The zero-order chi connectivity index (χ0) is 37.5. The maximum Gasteiger partial charge on any atom is 0.246 e. The molecule has 0 spiro atoms. The molecule has 3 aliphatic carbocycles. The summed E-state index contributed by atoms with van der Waals surface area (Å²) < 4.78 is 6.24. The van der Waals surface area contributed by atoms with Crippen LogP contribution < -0.4 is 10.6 Å². The highest BCUT2D eigenvalue weighted by atomic mass is 16.5. The Morgan fingerprint density at radius 1 is 0.596 bits per heavy atom. The summed E-state index contributed by atoms with van der Waals surface area (Å²) in [4.78, 5) is 28.4. The number of ketones is 1. The van der Waals surface area contributed by atoms with E-state index in [2.05, 4.69) is 45.3 Å². The van der Waals surface area contributed by atoms with Gasteiger partial charge in [-0.15, -0.1) is 0 Å². The minimum absolute atomic E-state index is 0.0697. The number of hydrogen-bond acceptors (Lipinski definition) is 4. The lowest BCUT2D eigenvalue weighted by Gasteiger charge is -2.52. The number of carbonyl (C=O) groups excluding carboxylic acids is 2. The third-order valence-electron chi connectivity index (χ3n) is 14.5. The predicted molar refractivity (Wildman–Crippen MR) is 222 cm³/mol. The summed E-state index contributed by atoms with van der Waals surface area (Å²) in [6, 6.07) is 0.568. The van der Waals surface area contributed by atoms with Crippen LogP contribution in [0.2, 0.25) is 0 Å². The number of carbonyl (C=O) groups is 2. The number of ether oxygens (including phenoxy) is 1. The molecule has 3 saturated carbocycles. The maximum absolute atomic E-state index is 15.3. The average Bonchev–Trinajstić information content (AvgIpc) is 3.17. The van der Waals surface area contributed by atoms with Gasteiger partial charge in [-0.25, -0.2) is 0 Å². The lowest BCUT2D eigenvalue weighted by Crippen LogP contribution is -2.61. The first-order valence-electron chi connectivity index (χ1n) is 23.5. The van der Waals surface area contributed by atoms with Gasteiger partial charge in [0, 0.05) is 17.5 Å². The van der Waals surface area contributed by atoms with E-state index in [1.54, 1.807) is 0 Å². The van der Waals surface area contributed by atoms with Crippen molar-refractivity contribution in [2.24, 2.45) is 10.8 Å². The van der Waals surface area contributed by atoms with Gasteiger partial charge in [0.25, 0.3) is 0 Å². The molecule has 3 rings (SSSR count). The highest BCUT2D eigenvalue weighted by Gasteiger charge is 2.54. The molecule has 0 aromatic carbocycles. The van der Waals surface area contributed by atoms with Crippen LogP contribution in [-0.4, -0.2) is 42.0 Å². The van der Waals surface area contributed by atoms with Crippen molar-refractivity contribution in [2.75, 3.05) is 6.61 Å². The second kappa shape index (κ2) is 25.3. The monoisotopic (exact) mass is 729 g/mol. The fraction of sp³-hybridized carbons (Fsp3) is 0.957. The van der Waals surface area contributed by atoms with Crippen LogP contribution in [0, 0.1) is 10.8 Å². The molecule has 4 unspecified atom stereocenters. The Labute approximate surface area is 323 Å². The number of hydrogen-bond donors (Lipinski definition) is 2. The van der Waals surface area contributed by atoms with Crippen molar-refractivity contribution in [2.45, 2.75) is 270 Å². The van der Waals surface area contributed by atoms with Gasteiger partial charge in [-0.2, -0.15) is 0 Å². The summed E-state index contributed by atoms with van der Waals surface area (Å²) in [5.41, 5.74) is -0.749. The predicted octanol–water partition coefficient (Wildman–Crippen LogP) is 13.1. The molecule has 4 atom stereocenters. The van der Waals surface area contributed by atoms with E-state index in [-0.39, 0.29) is 35.5 Å². The van der Waals surface area contributed by atoms with Crippen molar-refractivity contribution < 1.29 is 14.3 Å². The fourth-order valence-electron chi connectivity index (χ4n) is 10.6. The molecule has 1 amide bonds. The maximum atomic E-state index is 15.3. The quantitative estimate of drug-likeness (QED) is 0.165. The third kappa shape index (κ3) is 15.0. The molecule has 0 saturated heterocycles. The Balaban J connectivity index is 1.62. The van der Waals surface area contributed by atoms with Crippen molar-refractivity contribution >= 4 is 11.7 Å². The van der Waals surface area contributed by atoms with E-state index in [9.17, 15) is 4.79 Å². The number of Topliss-reactive ketones (excluding diaryl/α,β-unsaturated/α-hetero) is 1. The van der Waals surface area contributed by atoms with Crippen LogP contribution in [0.25, 0.3) is 0 Å². The molecule has 0 radical (unpaired) electrons. The molecule has 304 valence electrons. The average molecular weight is 729 g/mol. The van der Waals surface area contributed by atoms with Crippen LogP contribution in [0.5, 0.6) is 0 Å². The first-order valence-corrected chi connectivity index (χ1v) is 23.5. The summed E-state index contributed by atoms with van der Waals surface area (Å²) >= 11 is 0. The summed E-state index contributed by atoms with van der Waals surface area (Å²) in [5.74, 6) is 0.563. The number of rotatable bonds is 15. The summed E-state index contributed by atoms with van der Waals surface area (Å²) in [6.07, 6.45) is 40.3. The van der Waals surface area contributed by atoms with Gasteiger partial charge < -0.3 is 15.4 Å². The Morgan fingerprint density at radius 3 is 1.62 bits per heavy atom. The molecule has 3 fully saturated rings. The fourth-order valence-corrected chi connectivity index (χ4v) is 10.6. The van der Waals surface area contributed by atoms with E-state index in [0.717, 1.165) is 70.6 Å². The van der Waals surface area contributed by atoms with E-state index in [1.165, 1.54) is 141 Å². The molecule has 3 aliphatic rings. The Hall–Kier alpha value is -0.940. The van der Waals surface area contributed by atoms with Crippen LogP contribution in [-0.2, 0) is 14.3 Å².